The molecule has 0 heterocycles. The topological polar surface area (TPSA) is 38.3 Å². The fourth-order valence-electron chi connectivity index (χ4n) is 2.10. The number of benzene rings is 2. The van der Waals surface area contributed by atoms with Gasteiger partial charge in [-0.15, -0.1) is 0 Å². The molecule has 0 fully saturated rings. The highest BCUT2D eigenvalue weighted by atomic mass is 16.5. The summed E-state index contributed by atoms with van der Waals surface area (Å²) in [6.07, 6.45) is 0. The normalized spacial score (nSPS) is 12.4. The van der Waals surface area contributed by atoms with Gasteiger partial charge in [-0.1, -0.05) is 38.1 Å². The maximum atomic E-state index is 12.4. The van der Waals surface area contributed by atoms with E-state index in [-0.39, 0.29) is 11.9 Å². The van der Waals surface area contributed by atoms with Crippen LogP contribution in [0.2, 0.25) is 0 Å². The largest absolute Gasteiger partial charge is 0.496 e. The molecule has 0 bridgehead atoms. The molecule has 0 aromatic heterocycles. The predicted octanol–water partition coefficient (Wildman–Crippen LogP) is 3.62. The zero-order chi connectivity index (χ0) is 14.7. The molecule has 1 amide bonds. The first-order chi connectivity index (χ1) is 9.54. The molecule has 0 saturated heterocycles. The SMILES string of the molecule is COc1ccc(C(=O)NC(C)C(C)C)c2ccccc12. The number of rotatable bonds is 4. The van der Waals surface area contributed by atoms with Crippen molar-refractivity contribution >= 4 is 16.7 Å². The van der Waals surface area contributed by atoms with Gasteiger partial charge in [0, 0.05) is 17.0 Å². The fraction of sp³-hybridized carbons (Fsp3) is 0.353. The number of ether oxygens (including phenoxy) is 1. The Morgan fingerprint density at radius 2 is 1.70 bits per heavy atom. The number of nitrogens with one attached hydrogen (secondary N) is 1. The van der Waals surface area contributed by atoms with E-state index < -0.39 is 0 Å². The summed E-state index contributed by atoms with van der Waals surface area (Å²) in [5.41, 5.74) is 0.689. The van der Waals surface area contributed by atoms with E-state index >= 15 is 0 Å². The van der Waals surface area contributed by atoms with E-state index in [1.165, 1.54) is 0 Å². The Kier molecular flexibility index (Phi) is 4.28. The van der Waals surface area contributed by atoms with Crippen LogP contribution in [0.15, 0.2) is 36.4 Å². The number of hydrogen-bond donors (Lipinski definition) is 1. The lowest BCUT2D eigenvalue weighted by Crippen LogP contribution is -2.36. The Hall–Kier alpha value is -2.03. The van der Waals surface area contributed by atoms with Gasteiger partial charge < -0.3 is 10.1 Å². The molecule has 1 unspecified atom stereocenters. The second-order valence-corrected chi connectivity index (χ2v) is 5.37. The van der Waals surface area contributed by atoms with E-state index in [0.717, 1.165) is 16.5 Å². The number of amides is 1. The molecule has 1 atom stereocenters. The third-order valence-electron chi connectivity index (χ3n) is 3.71. The Balaban J connectivity index is 2.43. The van der Waals surface area contributed by atoms with Crippen molar-refractivity contribution in [2.24, 2.45) is 5.92 Å². The van der Waals surface area contributed by atoms with Crippen molar-refractivity contribution in [3.05, 3.63) is 42.0 Å². The second kappa shape index (κ2) is 5.95. The Labute approximate surface area is 119 Å². The van der Waals surface area contributed by atoms with Crippen LogP contribution in [-0.2, 0) is 0 Å². The summed E-state index contributed by atoms with van der Waals surface area (Å²) in [4.78, 5) is 12.4. The summed E-state index contributed by atoms with van der Waals surface area (Å²) in [6.45, 7) is 6.21. The Morgan fingerprint density at radius 3 is 2.30 bits per heavy atom. The van der Waals surface area contributed by atoms with Gasteiger partial charge in [-0.3, -0.25) is 4.79 Å². The van der Waals surface area contributed by atoms with E-state index in [0.29, 0.717) is 11.5 Å². The minimum absolute atomic E-state index is 0.0370. The van der Waals surface area contributed by atoms with Crippen molar-refractivity contribution in [1.29, 1.82) is 0 Å². The van der Waals surface area contributed by atoms with Crippen LogP contribution in [0.1, 0.15) is 31.1 Å². The Bertz CT molecular complexity index is 619. The van der Waals surface area contributed by atoms with Crippen molar-refractivity contribution in [2.75, 3.05) is 7.11 Å². The number of carbonyl (C=O) groups is 1. The van der Waals surface area contributed by atoms with E-state index in [9.17, 15) is 4.79 Å². The molecule has 3 nitrogen and oxygen atoms in total. The lowest BCUT2D eigenvalue weighted by molar-refractivity contribution is 0.0932. The smallest absolute Gasteiger partial charge is 0.252 e. The van der Waals surface area contributed by atoms with Gasteiger partial charge in [-0.25, -0.2) is 0 Å². The number of carbonyl (C=O) groups excluding carboxylic acids is 1. The zero-order valence-corrected chi connectivity index (χ0v) is 12.4. The number of hydrogen-bond acceptors (Lipinski definition) is 2. The van der Waals surface area contributed by atoms with Gasteiger partial charge >= 0.3 is 0 Å². The highest BCUT2D eigenvalue weighted by Gasteiger charge is 2.16. The average molecular weight is 271 g/mol. The van der Waals surface area contributed by atoms with Gasteiger partial charge in [0.15, 0.2) is 0 Å². The van der Waals surface area contributed by atoms with Gasteiger partial charge in [-0.05, 0) is 30.4 Å². The molecule has 0 aliphatic rings. The summed E-state index contributed by atoms with van der Waals surface area (Å²) in [6, 6.07) is 11.6. The number of fused-ring (bicyclic) bond motifs is 1. The van der Waals surface area contributed by atoms with Crippen LogP contribution in [0, 0.1) is 5.92 Å². The summed E-state index contributed by atoms with van der Waals surface area (Å²) < 4.78 is 5.35. The van der Waals surface area contributed by atoms with Crippen LogP contribution < -0.4 is 10.1 Å². The molecule has 2 aromatic rings. The van der Waals surface area contributed by atoms with Crippen molar-refractivity contribution < 1.29 is 9.53 Å². The fourth-order valence-corrected chi connectivity index (χ4v) is 2.10. The summed E-state index contributed by atoms with van der Waals surface area (Å²) in [7, 11) is 1.64. The predicted molar refractivity (Wildman–Crippen MR) is 82.3 cm³/mol. The molecular weight excluding hydrogens is 250 g/mol. The summed E-state index contributed by atoms with van der Waals surface area (Å²) in [5.74, 6) is 1.16. The zero-order valence-electron chi connectivity index (χ0n) is 12.4. The quantitative estimate of drug-likeness (QED) is 0.922. The Morgan fingerprint density at radius 1 is 1.05 bits per heavy atom. The third kappa shape index (κ3) is 2.77. The molecule has 0 aliphatic heterocycles. The van der Waals surface area contributed by atoms with Crippen LogP contribution >= 0.6 is 0 Å². The highest BCUT2D eigenvalue weighted by molar-refractivity contribution is 6.08. The summed E-state index contributed by atoms with van der Waals surface area (Å²) >= 11 is 0. The molecule has 0 aliphatic carbocycles. The van der Waals surface area contributed by atoms with Crippen molar-refractivity contribution in [3.8, 4) is 5.75 Å². The monoisotopic (exact) mass is 271 g/mol. The lowest BCUT2D eigenvalue weighted by Gasteiger charge is -2.18. The number of methoxy groups -OCH3 is 1. The maximum Gasteiger partial charge on any atom is 0.252 e. The van der Waals surface area contributed by atoms with Gasteiger partial charge in [0.05, 0.1) is 7.11 Å². The standard InChI is InChI=1S/C17H21NO2/c1-11(2)12(3)18-17(19)15-9-10-16(20-4)14-8-6-5-7-13(14)15/h5-12H,1-4H3,(H,18,19). The van der Waals surface area contributed by atoms with Gasteiger partial charge in [0.1, 0.15) is 5.75 Å². The van der Waals surface area contributed by atoms with Crippen LogP contribution in [0.5, 0.6) is 5.75 Å². The van der Waals surface area contributed by atoms with Gasteiger partial charge in [-0.2, -0.15) is 0 Å². The molecule has 0 radical (unpaired) electrons. The molecule has 0 saturated carbocycles. The van der Waals surface area contributed by atoms with E-state index in [1.54, 1.807) is 7.11 Å². The van der Waals surface area contributed by atoms with Crippen molar-refractivity contribution in [2.45, 2.75) is 26.8 Å². The maximum absolute atomic E-state index is 12.4. The van der Waals surface area contributed by atoms with Crippen LogP contribution in [0.3, 0.4) is 0 Å². The van der Waals surface area contributed by atoms with E-state index in [4.69, 9.17) is 4.74 Å². The molecular formula is C17H21NO2. The minimum atomic E-state index is -0.0370. The molecule has 2 aromatic carbocycles. The summed E-state index contributed by atoms with van der Waals surface area (Å²) in [5, 5.41) is 4.92. The molecule has 3 heteroatoms. The van der Waals surface area contributed by atoms with Crippen molar-refractivity contribution in [1.82, 2.24) is 5.32 Å². The van der Waals surface area contributed by atoms with Gasteiger partial charge in [0.2, 0.25) is 0 Å². The van der Waals surface area contributed by atoms with Crippen molar-refractivity contribution in [3.63, 3.8) is 0 Å². The average Bonchev–Trinajstić information content (AvgIpc) is 2.45. The first-order valence-corrected chi connectivity index (χ1v) is 6.91. The lowest BCUT2D eigenvalue weighted by atomic mass is 10.0. The second-order valence-electron chi connectivity index (χ2n) is 5.37. The van der Waals surface area contributed by atoms with Crippen LogP contribution in [0.4, 0.5) is 0 Å². The van der Waals surface area contributed by atoms with Crippen LogP contribution in [0.25, 0.3) is 10.8 Å². The van der Waals surface area contributed by atoms with Gasteiger partial charge in [0.25, 0.3) is 5.91 Å². The van der Waals surface area contributed by atoms with Crippen LogP contribution in [-0.4, -0.2) is 19.1 Å². The molecule has 2 rings (SSSR count). The molecule has 106 valence electrons. The van der Waals surface area contributed by atoms with E-state index in [2.05, 4.69) is 19.2 Å². The first kappa shape index (κ1) is 14.4. The molecule has 0 spiro atoms. The first-order valence-electron chi connectivity index (χ1n) is 6.91. The minimum Gasteiger partial charge on any atom is -0.496 e. The highest BCUT2D eigenvalue weighted by Crippen LogP contribution is 2.28. The third-order valence-corrected chi connectivity index (χ3v) is 3.71. The molecule has 20 heavy (non-hydrogen) atoms. The van der Waals surface area contributed by atoms with E-state index in [1.807, 2.05) is 43.3 Å². The molecule has 1 N–H and O–H groups in total.